The smallest absolute Gasteiger partial charge is 0.237 e. The number of hydrogen-bond donors (Lipinski definition) is 3. The molecule has 1 fully saturated rings. The molecule has 1 aromatic rings. The van der Waals surface area contributed by atoms with E-state index >= 15 is 0 Å². The van der Waals surface area contributed by atoms with Gasteiger partial charge in [-0.25, -0.2) is 0 Å². The van der Waals surface area contributed by atoms with E-state index in [4.69, 9.17) is 4.74 Å². The Balaban J connectivity index is 1.59. The van der Waals surface area contributed by atoms with Gasteiger partial charge in [0, 0.05) is 13.1 Å². The highest BCUT2D eigenvalue weighted by Gasteiger charge is 2.27. The Bertz CT molecular complexity index is 438. The number of aliphatic hydroxyl groups excluding tert-OH is 1. The van der Waals surface area contributed by atoms with Crippen molar-refractivity contribution in [3.05, 3.63) is 35.9 Å². The Morgan fingerprint density at radius 3 is 2.90 bits per heavy atom. The Morgan fingerprint density at radius 2 is 2.24 bits per heavy atom. The number of amides is 1. The molecule has 0 saturated carbocycles. The van der Waals surface area contributed by atoms with Gasteiger partial charge in [0.05, 0.1) is 25.4 Å². The fourth-order valence-electron chi connectivity index (χ4n) is 2.33. The zero-order valence-electron chi connectivity index (χ0n) is 12.4. The van der Waals surface area contributed by atoms with Gasteiger partial charge >= 0.3 is 0 Å². The molecule has 5 nitrogen and oxygen atoms in total. The molecule has 1 heterocycles. The standard InChI is InChI=1S/C16H24N2O3/c1-12(10-21-11-13-5-3-2-4-6-13)8-18-16(20)15-7-14(19)9-17-15/h2-6,12,14-15,17,19H,7-11H2,1H3,(H,18,20). The molecule has 1 saturated heterocycles. The lowest BCUT2D eigenvalue weighted by Gasteiger charge is -2.15. The van der Waals surface area contributed by atoms with Crippen molar-refractivity contribution >= 4 is 5.91 Å². The molecule has 2 rings (SSSR count). The van der Waals surface area contributed by atoms with Gasteiger partial charge in [-0.15, -0.1) is 0 Å². The number of nitrogens with one attached hydrogen (secondary N) is 2. The predicted molar refractivity (Wildman–Crippen MR) is 80.7 cm³/mol. The summed E-state index contributed by atoms with van der Waals surface area (Å²) in [6.07, 6.45) is 0.0810. The van der Waals surface area contributed by atoms with E-state index in [9.17, 15) is 9.90 Å². The van der Waals surface area contributed by atoms with Crippen molar-refractivity contribution < 1.29 is 14.6 Å². The van der Waals surface area contributed by atoms with E-state index in [0.29, 0.717) is 32.7 Å². The van der Waals surface area contributed by atoms with E-state index in [-0.39, 0.29) is 17.9 Å². The molecule has 0 radical (unpaired) electrons. The van der Waals surface area contributed by atoms with Gasteiger partial charge in [-0.3, -0.25) is 4.79 Å². The summed E-state index contributed by atoms with van der Waals surface area (Å²) in [4.78, 5) is 11.9. The maximum absolute atomic E-state index is 11.9. The van der Waals surface area contributed by atoms with E-state index in [0.717, 1.165) is 5.56 Å². The first-order valence-corrected chi connectivity index (χ1v) is 7.46. The van der Waals surface area contributed by atoms with Crippen molar-refractivity contribution in [1.29, 1.82) is 0 Å². The average Bonchev–Trinajstić information content (AvgIpc) is 2.92. The predicted octanol–water partition coefficient (Wildman–Crippen LogP) is 0.678. The van der Waals surface area contributed by atoms with Crippen LogP contribution in [0.4, 0.5) is 0 Å². The van der Waals surface area contributed by atoms with Crippen molar-refractivity contribution in [2.75, 3.05) is 19.7 Å². The largest absolute Gasteiger partial charge is 0.392 e. The van der Waals surface area contributed by atoms with Gasteiger partial charge in [0.1, 0.15) is 0 Å². The van der Waals surface area contributed by atoms with Crippen LogP contribution in [0.1, 0.15) is 18.9 Å². The van der Waals surface area contributed by atoms with E-state index in [2.05, 4.69) is 10.6 Å². The highest BCUT2D eigenvalue weighted by Crippen LogP contribution is 2.07. The lowest BCUT2D eigenvalue weighted by atomic mass is 10.1. The van der Waals surface area contributed by atoms with Crippen LogP contribution in [-0.4, -0.2) is 42.9 Å². The minimum atomic E-state index is -0.410. The molecule has 21 heavy (non-hydrogen) atoms. The Morgan fingerprint density at radius 1 is 1.48 bits per heavy atom. The topological polar surface area (TPSA) is 70.6 Å². The van der Waals surface area contributed by atoms with Crippen molar-refractivity contribution in [1.82, 2.24) is 10.6 Å². The Kier molecular flexibility index (Phi) is 6.17. The van der Waals surface area contributed by atoms with Crippen molar-refractivity contribution in [2.24, 2.45) is 5.92 Å². The zero-order valence-corrected chi connectivity index (χ0v) is 12.4. The molecule has 0 bridgehead atoms. The molecule has 3 N–H and O–H groups in total. The molecule has 5 heteroatoms. The minimum Gasteiger partial charge on any atom is -0.392 e. The number of β-amino-alcohol motifs (C(OH)–C–C–N with tert-alkyl or cyclic N) is 1. The molecular formula is C16H24N2O3. The first-order chi connectivity index (χ1) is 10.1. The second kappa shape index (κ2) is 8.12. The van der Waals surface area contributed by atoms with Gasteiger partial charge in [0.15, 0.2) is 0 Å². The molecule has 1 aliphatic heterocycles. The summed E-state index contributed by atoms with van der Waals surface area (Å²) in [6.45, 7) is 4.32. The van der Waals surface area contributed by atoms with Crippen LogP contribution in [0.5, 0.6) is 0 Å². The third kappa shape index (κ3) is 5.46. The minimum absolute atomic E-state index is 0.0403. The summed E-state index contributed by atoms with van der Waals surface area (Å²) in [5.74, 6) is 0.213. The maximum Gasteiger partial charge on any atom is 0.237 e. The summed E-state index contributed by atoms with van der Waals surface area (Å²) in [7, 11) is 0. The van der Waals surface area contributed by atoms with Crippen LogP contribution in [0.15, 0.2) is 30.3 Å². The zero-order chi connectivity index (χ0) is 15.1. The molecule has 0 aliphatic carbocycles. The highest BCUT2D eigenvalue weighted by atomic mass is 16.5. The Hall–Kier alpha value is -1.43. The second-order valence-corrected chi connectivity index (χ2v) is 5.70. The molecule has 0 spiro atoms. The van der Waals surface area contributed by atoms with Crippen LogP contribution in [0, 0.1) is 5.92 Å². The number of carbonyl (C=O) groups excluding carboxylic acids is 1. The third-order valence-corrected chi connectivity index (χ3v) is 3.56. The highest BCUT2D eigenvalue weighted by molar-refractivity contribution is 5.82. The molecule has 3 unspecified atom stereocenters. The van der Waals surface area contributed by atoms with Crippen molar-refractivity contribution in [3.63, 3.8) is 0 Å². The van der Waals surface area contributed by atoms with Gasteiger partial charge in [-0.1, -0.05) is 37.3 Å². The van der Waals surface area contributed by atoms with Crippen LogP contribution in [0.2, 0.25) is 0 Å². The van der Waals surface area contributed by atoms with Gasteiger partial charge in [0.25, 0.3) is 0 Å². The fraction of sp³-hybridized carbons (Fsp3) is 0.562. The van der Waals surface area contributed by atoms with E-state index in [1.54, 1.807) is 0 Å². The molecule has 1 aromatic carbocycles. The number of benzene rings is 1. The maximum atomic E-state index is 11.9. The van der Waals surface area contributed by atoms with Gasteiger partial charge in [0.2, 0.25) is 5.91 Å². The fourth-order valence-corrected chi connectivity index (χ4v) is 2.33. The van der Waals surface area contributed by atoms with Gasteiger partial charge in [-0.2, -0.15) is 0 Å². The van der Waals surface area contributed by atoms with Crippen LogP contribution in [0.3, 0.4) is 0 Å². The van der Waals surface area contributed by atoms with E-state index in [1.165, 1.54) is 0 Å². The number of ether oxygens (including phenoxy) is 1. The first kappa shape index (κ1) is 15.9. The number of aliphatic hydroxyl groups is 1. The monoisotopic (exact) mass is 292 g/mol. The third-order valence-electron chi connectivity index (χ3n) is 3.56. The quantitative estimate of drug-likeness (QED) is 0.691. The lowest BCUT2D eigenvalue weighted by molar-refractivity contribution is -0.123. The van der Waals surface area contributed by atoms with Crippen LogP contribution >= 0.6 is 0 Å². The summed E-state index contributed by atoms with van der Waals surface area (Å²) >= 11 is 0. The Labute approximate surface area is 125 Å². The molecular weight excluding hydrogens is 268 g/mol. The SMILES string of the molecule is CC(CNC(=O)C1CC(O)CN1)COCc1ccccc1. The number of carbonyl (C=O) groups is 1. The summed E-state index contributed by atoms with van der Waals surface area (Å²) in [5.41, 5.74) is 1.15. The molecule has 1 aliphatic rings. The summed E-state index contributed by atoms with van der Waals surface area (Å²) in [6, 6.07) is 9.76. The molecule has 116 valence electrons. The van der Waals surface area contributed by atoms with Crippen molar-refractivity contribution in [3.8, 4) is 0 Å². The second-order valence-electron chi connectivity index (χ2n) is 5.70. The normalized spacial score (nSPS) is 23.0. The summed E-state index contributed by atoms with van der Waals surface area (Å²) in [5, 5.41) is 15.3. The van der Waals surface area contributed by atoms with Gasteiger partial charge < -0.3 is 20.5 Å². The van der Waals surface area contributed by atoms with E-state index < -0.39 is 6.10 Å². The van der Waals surface area contributed by atoms with Crippen molar-refractivity contribution in [2.45, 2.75) is 32.1 Å². The van der Waals surface area contributed by atoms with E-state index in [1.807, 2.05) is 37.3 Å². The number of hydrogen-bond acceptors (Lipinski definition) is 4. The van der Waals surface area contributed by atoms with Crippen LogP contribution in [0.25, 0.3) is 0 Å². The lowest BCUT2D eigenvalue weighted by Crippen LogP contribution is -2.42. The average molecular weight is 292 g/mol. The summed E-state index contributed by atoms with van der Waals surface area (Å²) < 4.78 is 5.65. The molecule has 0 aromatic heterocycles. The van der Waals surface area contributed by atoms with Crippen LogP contribution < -0.4 is 10.6 Å². The molecule has 1 amide bonds. The first-order valence-electron chi connectivity index (χ1n) is 7.46. The van der Waals surface area contributed by atoms with Crippen LogP contribution in [-0.2, 0) is 16.1 Å². The number of rotatable bonds is 7. The van der Waals surface area contributed by atoms with Gasteiger partial charge in [-0.05, 0) is 17.9 Å². The molecule has 3 atom stereocenters.